The maximum Gasteiger partial charge on any atom is 0.0704 e. The van der Waals surface area contributed by atoms with Gasteiger partial charge in [-0.1, -0.05) is 0 Å². The zero-order valence-corrected chi connectivity index (χ0v) is 30.0. The van der Waals surface area contributed by atoms with Crippen molar-refractivity contribution in [3.63, 3.8) is 0 Å². The molecule has 0 amide bonds. The van der Waals surface area contributed by atoms with Crippen LogP contribution in [0.1, 0.15) is 12.8 Å². The maximum absolute atomic E-state index is 5.79. The number of rotatable bonds is 40. The van der Waals surface area contributed by atoms with Crippen LogP contribution in [0.5, 0.6) is 0 Å². The highest BCUT2D eigenvalue weighted by atomic mass is 16.6. The number of nitrogens with one attached hydrogen (secondary N) is 1. The van der Waals surface area contributed by atoms with Crippen LogP contribution in [0.15, 0.2) is 0 Å². The number of piperidine rings is 1. The molecule has 0 spiro atoms. The molecule has 1 rings (SSSR count). The van der Waals surface area contributed by atoms with Gasteiger partial charge in [0.2, 0.25) is 0 Å². The second kappa shape index (κ2) is 39.2. The summed E-state index contributed by atoms with van der Waals surface area (Å²) in [5.74, 6) is 0. The predicted molar refractivity (Wildman–Crippen MR) is 180 cm³/mol. The van der Waals surface area contributed by atoms with Crippen LogP contribution in [0.25, 0.3) is 0 Å². The van der Waals surface area contributed by atoms with Crippen molar-refractivity contribution < 1.29 is 61.6 Å². The summed E-state index contributed by atoms with van der Waals surface area (Å²) in [6, 6.07) is 0. The first-order valence-corrected chi connectivity index (χ1v) is 17.7. The zero-order chi connectivity index (χ0) is 34.3. The predicted octanol–water partition coefficient (Wildman–Crippen LogP) is 0.516. The summed E-state index contributed by atoms with van der Waals surface area (Å²) in [4.78, 5) is 2.08. The molecule has 48 heavy (non-hydrogen) atoms. The Morgan fingerprint density at radius 3 is 0.833 bits per heavy atom. The average molecular weight is 701 g/mol. The number of hydrogen-bond acceptors (Lipinski definition) is 15. The molecule has 0 atom stereocenters. The van der Waals surface area contributed by atoms with Crippen molar-refractivity contribution in [2.45, 2.75) is 18.9 Å². The Hall–Kier alpha value is -0.600. The van der Waals surface area contributed by atoms with Crippen molar-refractivity contribution in [2.75, 3.05) is 199 Å². The molecular formula is C33H68N2O13. The van der Waals surface area contributed by atoms with E-state index in [9.17, 15) is 0 Å². The summed E-state index contributed by atoms with van der Waals surface area (Å²) < 4.78 is 71.6. The van der Waals surface area contributed by atoms with Gasteiger partial charge in [0.1, 0.15) is 0 Å². The second-order valence-corrected chi connectivity index (χ2v) is 11.0. The fraction of sp³-hybridized carbons (Fsp3) is 1.00. The van der Waals surface area contributed by atoms with E-state index in [0.29, 0.717) is 165 Å². The van der Waals surface area contributed by atoms with Crippen LogP contribution in [-0.2, 0) is 61.6 Å². The lowest BCUT2D eigenvalue weighted by Crippen LogP contribution is -2.33. The Morgan fingerprint density at radius 1 is 0.354 bits per heavy atom. The summed E-state index contributed by atoms with van der Waals surface area (Å²) >= 11 is 0. The van der Waals surface area contributed by atoms with Crippen molar-refractivity contribution in [1.29, 1.82) is 0 Å². The van der Waals surface area contributed by atoms with Crippen LogP contribution < -0.4 is 5.32 Å². The number of hydrogen-bond donors (Lipinski definition) is 1. The van der Waals surface area contributed by atoms with Gasteiger partial charge in [0, 0.05) is 6.54 Å². The molecule has 1 aliphatic heterocycles. The van der Waals surface area contributed by atoms with Gasteiger partial charge in [-0.15, -0.1) is 0 Å². The Labute approximate surface area is 289 Å². The molecule has 288 valence electrons. The Bertz CT molecular complexity index is 608. The quantitative estimate of drug-likeness (QED) is 0.0890. The molecule has 1 aliphatic rings. The van der Waals surface area contributed by atoms with E-state index >= 15 is 0 Å². The highest BCUT2D eigenvalue weighted by Gasteiger charge is 2.12. The fourth-order valence-electron chi connectivity index (χ4n) is 4.00. The molecule has 0 aliphatic carbocycles. The van der Waals surface area contributed by atoms with Gasteiger partial charge in [-0.2, -0.15) is 0 Å². The molecule has 0 saturated carbocycles. The average Bonchev–Trinajstić information content (AvgIpc) is 3.09. The molecule has 0 unspecified atom stereocenters. The Kier molecular flexibility index (Phi) is 37.1. The van der Waals surface area contributed by atoms with Crippen LogP contribution in [0.3, 0.4) is 0 Å². The second-order valence-electron chi connectivity index (χ2n) is 11.0. The Balaban J connectivity index is 1.60. The van der Waals surface area contributed by atoms with Crippen molar-refractivity contribution in [3.05, 3.63) is 0 Å². The summed E-state index contributed by atoms with van der Waals surface area (Å²) in [5.41, 5.74) is 0. The molecule has 0 bridgehead atoms. The zero-order valence-electron chi connectivity index (χ0n) is 30.0. The van der Waals surface area contributed by atoms with Crippen LogP contribution in [0.4, 0.5) is 0 Å². The summed E-state index contributed by atoms with van der Waals surface area (Å²) in [7, 11) is 4.04. The van der Waals surface area contributed by atoms with E-state index in [1.807, 2.05) is 14.1 Å². The maximum atomic E-state index is 5.79. The summed E-state index contributed by atoms with van der Waals surface area (Å²) in [6.07, 6.45) is 2.53. The fourth-order valence-corrected chi connectivity index (χ4v) is 4.00. The van der Waals surface area contributed by atoms with Gasteiger partial charge in [0.15, 0.2) is 0 Å². The SMILES string of the molecule is CN(C)CCOCCOCCOCCOCCOCCOCCOCCOCCOCCOCCOCCOCCOC1CCNCC1. The molecule has 1 heterocycles. The smallest absolute Gasteiger partial charge is 0.0704 e. The topological polar surface area (TPSA) is 135 Å². The van der Waals surface area contributed by atoms with Crippen molar-refractivity contribution in [2.24, 2.45) is 0 Å². The highest BCUT2D eigenvalue weighted by Crippen LogP contribution is 2.06. The summed E-state index contributed by atoms with van der Waals surface area (Å²) in [5, 5.41) is 3.33. The van der Waals surface area contributed by atoms with Crippen molar-refractivity contribution in [1.82, 2.24) is 10.2 Å². The van der Waals surface area contributed by atoms with Crippen molar-refractivity contribution >= 4 is 0 Å². The van der Waals surface area contributed by atoms with E-state index in [4.69, 9.17) is 61.6 Å². The third kappa shape index (κ3) is 36.7. The lowest BCUT2D eigenvalue weighted by molar-refractivity contribution is -0.0328. The molecular weight excluding hydrogens is 632 g/mol. The number of nitrogens with zero attached hydrogens (tertiary/aromatic N) is 1. The van der Waals surface area contributed by atoms with E-state index in [1.54, 1.807) is 0 Å². The minimum atomic E-state index is 0.372. The van der Waals surface area contributed by atoms with Crippen LogP contribution in [0, 0.1) is 0 Å². The molecule has 0 aromatic heterocycles. The van der Waals surface area contributed by atoms with E-state index < -0.39 is 0 Å². The largest absolute Gasteiger partial charge is 0.378 e. The monoisotopic (exact) mass is 700 g/mol. The minimum Gasteiger partial charge on any atom is -0.378 e. The molecule has 1 saturated heterocycles. The van der Waals surface area contributed by atoms with E-state index in [2.05, 4.69) is 10.2 Å². The van der Waals surface area contributed by atoms with E-state index in [1.165, 1.54) is 0 Å². The van der Waals surface area contributed by atoms with Gasteiger partial charge in [-0.25, -0.2) is 0 Å². The number of ether oxygens (including phenoxy) is 13. The lowest BCUT2D eigenvalue weighted by atomic mass is 10.1. The molecule has 0 aromatic rings. The van der Waals surface area contributed by atoms with Gasteiger partial charge >= 0.3 is 0 Å². The van der Waals surface area contributed by atoms with Crippen molar-refractivity contribution in [3.8, 4) is 0 Å². The number of likely N-dealkylation sites (N-methyl/N-ethyl adjacent to an activating group) is 1. The van der Waals surface area contributed by atoms with Gasteiger partial charge in [-0.05, 0) is 40.0 Å². The van der Waals surface area contributed by atoms with Crippen LogP contribution >= 0.6 is 0 Å². The molecule has 1 fully saturated rings. The lowest BCUT2D eigenvalue weighted by Gasteiger charge is -2.22. The first kappa shape index (κ1) is 45.4. The minimum absolute atomic E-state index is 0.372. The first-order valence-electron chi connectivity index (χ1n) is 17.7. The van der Waals surface area contributed by atoms with Crippen LogP contribution in [-0.4, -0.2) is 210 Å². The third-order valence-electron chi connectivity index (χ3n) is 6.64. The summed E-state index contributed by atoms with van der Waals surface area (Å²) in [6.45, 7) is 16.7. The molecule has 15 nitrogen and oxygen atoms in total. The van der Waals surface area contributed by atoms with Gasteiger partial charge in [-0.3, -0.25) is 0 Å². The van der Waals surface area contributed by atoms with E-state index in [-0.39, 0.29) is 0 Å². The molecule has 0 aromatic carbocycles. The van der Waals surface area contributed by atoms with Gasteiger partial charge < -0.3 is 71.8 Å². The first-order chi connectivity index (χ1) is 23.8. The van der Waals surface area contributed by atoms with Gasteiger partial charge in [0.25, 0.3) is 0 Å². The van der Waals surface area contributed by atoms with Gasteiger partial charge in [0.05, 0.1) is 171 Å². The molecule has 0 radical (unpaired) electrons. The third-order valence-corrected chi connectivity index (χ3v) is 6.64. The highest BCUT2D eigenvalue weighted by molar-refractivity contribution is 4.67. The normalized spacial score (nSPS) is 14.1. The standard InChI is InChI=1S/C33H68N2O13/c1-35(2)7-8-36-9-10-37-11-12-38-13-14-39-15-16-40-17-18-41-19-20-42-21-22-43-23-24-44-25-26-45-27-28-46-29-30-47-31-32-48-33-3-5-34-6-4-33/h33-34H,3-32H2,1-2H3. The Morgan fingerprint density at radius 2 is 0.583 bits per heavy atom. The molecule has 1 N–H and O–H groups in total. The molecule has 15 heteroatoms. The van der Waals surface area contributed by atoms with E-state index in [0.717, 1.165) is 39.1 Å². The van der Waals surface area contributed by atoms with Crippen LogP contribution in [0.2, 0.25) is 0 Å².